The number of phenolic OH excluding ortho intramolecular Hbond substituents is 2. The number of hydrogen-bond acceptors (Lipinski definition) is 6. The molecule has 32 heavy (non-hydrogen) atoms. The van der Waals surface area contributed by atoms with E-state index < -0.39 is 18.3 Å². The molecule has 0 heterocycles. The van der Waals surface area contributed by atoms with Gasteiger partial charge in [-0.2, -0.15) is 0 Å². The maximum atomic E-state index is 12.2. The molecular formula is C25H25NO6. The summed E-state index contributed by atoms with van der Waals surface area (Å²) >= 11 is 0. The minimum Gasteiger partial charge on any atom is -0.508 e. The van der Waals surface area contributed by atoms with E-state index in [0.717, 1.165) is 22.3 Å². The summed E-state index contributed by atoms with van der Waals surface area (Å²) < 4.78 is 5.41. The molecular weight excluding hydrogens is 410 g/mol. The Morgan fingerprint density at radius 3 is 2.19 bits per heavy atom. The van der Waals surface area contributed by atoms with Gasteiger partial charge in [0.05, 0.1) is 0 Å². The average Bonchev–Trinajstić information content (AvgIpc) is 3.13. The SMILES string of the molecule is Cc1c(O)ccc(C(O)C(O)CNC(=O)OCC2c3ccccc3-c3ccccc32)c1O. The van der Waals surface area contributed by atoms with E-state index >= 15 is 0 Å². The van der Waals surface area contributed by atoms with E-state index in [4.69, 9.17) is 4.74 Å². The number of carbonyl (C=O) groups is 1. The van der Waals surface area contributed by atoms with Crippen LogP contribution in [0, 0.1) is 6.92 Å². The minimum absolute atomic E-state index is 0.0575. The van der Waals surface area contributed by atoms with Crippen LogP contribution in [0.3, 0.4) is 0 Å². The van der Waals surface area contributed by atoms with Crippen molar-refractivity contribution >= 4 is 6.09 Å². The van der Waals surface area contributed by atoms with Crippen molar-refractivity contribution in [1.29, 1.82) is 0 Å². The zero-order valence-electron chi connectivity index (χ0n) is 17.5. The summed E-state index contributed by atoms with van der Waals surface area (Å²) in [6.07, 6.45) is -3.56. The smallest absolute Gasteiger partial charge is 0.407 e. The summed E-state index contributed by atoms with van der Waals surface area (Å²) in [7, 11) is 0. The number of fused-ring (bicyclic) bond motifs is 3. The number of hydrogen-bond donors (Lipinski definition) is 5. The fourth-order valence-electron chi connectivity index (χ4n) is 4.11. The molecule has 0 saturated carbocycles. The summed E-state index contributed by atoms with van der Waals surface area (Å²) in [6, 6.07) is 18.6. The van der Waals surface area contributed by atoms with Gasteiger partial charge in [0.15, 0.2) is 0 Å². The predicted molar refractivity (Wildman–Crippen MR) is 119 cm³/mol. The van der Waals surface area contributed by atoms with Gasteiger partial charge in [0, 0.05) is 23.6 Å². The van der Waals surface area contributed by atoms with Crippen molar-refractivity contribution in [3.05, 3.63) is 82.9 Å². The second-order valence-electron chi connectivity index (χ2n) is 7.87. The number of aliphatic hydroxyl groups excluding tert-OH is 2. The lowest BCUT2D eigenvalue weighted by Gasteiger charge is -2.21. The fourth-order valence-corrected chi connectivity index (χ4v) is 4.11. The second kappa shape index (κ2) is 8.90. The van der Waals surface area contributed by atoms with Gasteiger partial charge in [0.2, 0.25) is 0 Å². The molecule has 3 aromatic rings. The summed E-state index contributed by atoms with van der Waals surface area (Å²) in [5.74, 6) is -0.511. The first-order chi connectivity index (χ1) is 15.4. The highest BCUT2D eigenvalue weighted by atomic mass is 16.5. The van der Waals surface area contributed by atoms with E-state index in [0.29, 0.717) is 0 Å². The quantitative estimate of drug-likeness (QED) is 0.405. The lowest BCUT2D eigenvalue weighted by molar-refractivity contribution is 0.0172. The zero-order valence-corrected chi connectivity index (χ0v) is 17.5. The Morgan fingerprint density at radius 1 is 0.969 bits per heavy atom. The molecule has 3 aromatic carbocycles. The molecule has 5 N–H and O–H groups in total. The van der Waals surface area contributed by atoms with Gasteiger partial charge in [-0.25, -0.2) is 4.79 Å². The number of aromatic hydroxyl groups is 2. The Morgan fingerprint density at radius 2 is 1.56 bits per heavy atom. The third kappa shape index (κ3) is 4.00. The predicted octanol–water partition coefficient (Wildman–Crippen LogP) is 3.34. The van der Waals surface area contributed by atoms with Crippen molar-refractivity contribution in [2.45, 2.75) is 25.0 Å². The second-order valence-corrected chi connectivity index (χ2v) is 7.87. The van der Waals surface area contributed by atoms with Crippen LogP contribution in [0.4, 0.5) is 4.79 Å². The summed E-state index contributed by atoms with van der Waals surface area (Å²) in [4.78, 5) is 12.2. The van der Waals surface area contributed by atoms with Crippen molar-refractivity contribution < 1.29 is 30.0 Å². The summed E-state index contributed by atoms with van der Waals surface area (Å²) in [6.45, 7) is 1.34. The molecule has 7 heteroatoms. The molecule has 1 amide bonds. The molecule has 4 rings (SSSR count). The number of alkyl carbamates (subject to hydrolysis) is 1. The van der Waals surface area contributed by atoms with Crippen molar-refractivity contribution in [3.63, 3.8) is 0 Å². The first-order valence-corrected chi connectivity index (χ1v) is 10.3. The standard InChI is InChI=1S/C25H25NO6/c1-14-21(27)11-10-19(23(14)29)24(30)22(28)12-26-25(31)32-13-20-17-8-4-2-6-15(17)16-7-3-5-9-18(16)20/h2-11,20,22,24,27-30H,12-13H2,1H3,(H,26,31). The molecule has 0 fully saturated rings. The molecule has 1 aliphatic rings. The van der Waals surface area contributed by atoms with Gasteiger partial charge in [0.1, 0.15) is 30.3 Å². The summed E-state index contributed by atoms with van der Waals surface area (Å²) in [5.41, 5.74) is 4.69. The fraction of sp³-hybridized carbons (Fsp3) is 0.240. The number of benzene rings is 3. The molecule has 0 spiro atoms. The van der Waals surface area contributed by atoms with Crippen LogP contribution < -0.4 is 5.32 Å². The number of carbonyl (C=O) groups excluding carboxylic acids is 1. The number of nitrogens with one attached hydrogen (secondary N) is 1. The van der Waals surface area contributed by atoms with Crippen LogP contribution in [-0.2, 0) is 4.74 Å². The van der Waals surface area contributed by atoms with Gasteiger partial charge >= 0.3 is 6.09 Å². The third-order valence-electron chi connectivity index (χ3n) is 5.92. The zero-order chi connectivity index (χ0) is 22.8. The van der Waals surface area contributed by atoms with Crippen LogP contribution >= 0.6 is 0 Å². The third-order valence-corrected chi connectivity index (χ3v) is 5.92. The number of amides is 1. The molecule has 0 aromatic heterocycles. The van der Waals surface area contributed by atoms with E-state index in [1.165, 1.54) is 19.1 Å². The van der Waals surface area contributed by atoms with Crippen LogP contribution in [0.2, 0.25) is 0 Å². The topological polar surface area (TPSA) is 119 Å². The molecule has 0 aliphatic heterocycles. The molecule has 0 bridgehead atoms. The lowest BCUT2D eigenvalue weighted by atomic mass is 9.98. The Hall–Kier alpha value is -3.55. The minimum atomic E-state index is -1.46. The monoisotopic (exact) mass is 435 g/mol. The molecule has 0 saturated heterocycles. The van der Waals surface area contributed by atoms with Crippen molar-refractivity contribution in [3.8, 4) is 22.6 Å². The van der Waals surface area contributed by atoms with Crippen LogP contribution in [0.25, 0.3) is 11.1 Å². The van der Waals surface area contributed by atoms with Crippen molar-refractivity contribution in [1.82, 2.24) is 5.32 Å². The highest BCUT2D eigenvalue weighted by molar-refractivity contribution is 5.79. The van der Waals surface area contributed by atoms with E-state index in [1.807, 2.05) is 48.5 Å². The first kappa shape index (κ1) is 21.7. The van der Waals surface area contributed by atoms with E-state index in [-0.39, 0.29) is 41.7 Å². The van der Waals surface area contributed by atoms with E-state index in [9.17, 15) is 25.2 Å². The van der Waals surface area contributed by atoms with Gasteiger partial charge in [-0.05, 0) is 41.3 Å². The molecule has 2 unspecified atom stereocenters. The maximum absolute atomic E-state index is 12.2. The normalized spacial score (nSPS) is 14.3. The Balaban J connectivity index is 1.36. The average molecular weight is 435 g/mol. The number of rotatable bonds is 6. The van der Waals surface area contributed by atoms with E-state index in [2.05, 4.69) is 5.32 Å². The number of phenols is 2. The number of aliphatic hydroxyl groups is 2. The number of ether oxygens (including phenoxy) is 1. The Bertz CT molecular complexity index is 1100. The van der Waals surface area contributed by atoms with Crippen molar-refractivity contribution in [2.75, 3.05) is 13.2 Å². The highest BCUT2D eigenvalue weighted by Gasteiger charge is 2.29. The Labute approximate surface area is 185 Å². The molecule has 7 nitrogen and oxygen atoms in total. The van der Waals surface area contributed by atoms with Crippen LogP contribution in [-0.4, -0.2) is 45.8 Å². The van der Waals surface area contributed by atoms with E-state index in [1.54, 1.807) is 0 Å². The largest absolute Gasteiger partial charge is 0.508 e. The highest BCUT2D eigenvalue weighted by Crippen LogP contribution is 2.44. The van der Waals surface area contributed by atoms with Crippen LogP contribution in [0.5, 0.6) is 11.5 Å². The molecule has 0 radical (unpaired) electrons. The molecule has 2 atom stereocenters. The van der Waals surface area contributed by atoms with Gasteiger partial charge in [0.25, 0.3) is 0 Å². The van der Waals surface area contributed by atoms with Crippen molar-refractivity contribution in [2.24, 2.45) is 0 Å². The Kier molecular flexibility index (Phi) is 6.03. The lowest BCUT2D eigenvalue weighted by Crippen LogP contribution is -2.36. The van der Waals surface area contributed by atoms with Gasteiger partial charge in [-0.1, -0.05) is 48.5 Å². The summed E-state index contributed by atoms with van der Waals surface area (Å²) in [5, 5.41) is 42.7. The maximum Gasteiger partial charge on any atom is 0.407 e. The first-order valence-electron chi connectivity index (χ1n) is 10.3. The van der Waals surface area contributed by atoms with Gasteiger partial charge < -0.3 is 30.5 Å². The van der Waals surface area contributed by atoms with Gasteiger partial charge in [-0.15, -0.1) is 0 Å². The molecule has 1 aliphatic carbocycles. The molecule has 166 valence electrons. The van der Waals surface area contributed by atoms with Crippen LogP contribution in [0.15, 0.2) is 60.7 Å². The van der Waals surface area contributed by atoms with Gasteiger partial charge in [-0.3, -0.25) is 0 Å². The van der Waals surface area contributed by atoms with Crippen LogP contribution in [0.1, 0.15) is 34.3 Å².